The normalized spacial score (nSPS) is 23.6. The number of hydrogen-bond donors (Lipinski definition) is 2. The Morgan fingerprint density at radius 3 is 2.71 bits per heavy atom. The first-order chi connectivity index (χ1) is 11.7. The fraction of sp³-hybridized carbons (Fsp3) is 0.632. The van der Waals surface area contributed by atoms with Crippen LogP contribution in [0.1, 0.15) is 48.0 Å². The number of piperidine rings is 1. The van der Waals surface area contributed by atoms with Crippen LogP contribution in [0.25, 0.3) is 0 Å². The molecule has 0 aromatic heterocycles. The van der Waals surface area contributed by atoms with Gasteiger partial charge in [0.05, 0.1) is 17.7 Å². The number of carbonyl (C=O) groups is 1. The molecule has 0 saturated carbocycles. The highest BCUT2D eigenvalue weighted by Gasteiger charge is 2.42. The number of fused-ring (bicyclic) bond motifs is 1. The van der Waals surface area contributed by atoms with E-state index < -0.39 is 0 Å². The van der Waals surface area contributed by atoms with Crippen molar-refractivity contribution in [2.45, 2.75) is 50.7 Å². The van der Waals surface area contributed by atoms with Crippen molar-refractivity contribution < 1.29 is 14.3 Å². The van der Waals surface area contributed by atoms with Crippen molar-refractivity contribution in [3.05, 3.63) is 23.3 Å². The fourth-order valence-corrected chi connectivity index (χ4v) is 4.06. The summed E-state index contributed by atoms with van der Waals surface area (Å²) in [6.07, 6.45) is 4.27. The van der Waals surface area contributed by atoms with E-state index in [4.69, 9.17) is 9.47 Å². The summed E-state index contributed by atoms with van der Waals surface area (Å²) in [6.45, 7) is 5.45. The van der Waals surface area contributed by atoms with E-state index in [2.05, 4.69) is 16.7 Å². The fourth-order valence-electron chi connectivity index (χ4n) is 4.06. The van der Waals surface area contributed by atoms with Crippen LogP contribution >= 0.6 is 0 Å². The van der Waals surface area contributed by atoms with E-state index in [1.54, 1.807) is 0 Å². The van der Waals surface area contributed by atoms with Crippen molar-refractivity contribution >= 4 is 11.5 Å². The number of Topliss-reactive ketones (excluding diaryl/α,β-unsaturated/α-hetero) is 1. The van der Waals surface area contributed by atoms with Gasteiger partial charge in [-0.2, -0.15) is 0 Å². The maximum absolute atomic E-state index is 12.8. The number of ketones is 1. The Hall–Kier alpha value is -1.59. The van der Waals surface area contributed by atoms with Crippen molar-refractivity contribution in [3.8, 4) is 5.75 Å². The summed E-state index contributed by atoms with van der Waals surface area (Å²) in [6, 6.07) is 4.47. The molecule has 4 rings (SSSR count). The maximum atomic E-state index is 12.8. The number of anilines is 1. The summed E-state index contributed by atoms with van der Waals surface area (Å²) in [4.78, 5) is 12.8. The Balaban J connectivity index is 1.66. The van der Waals surface area contributed by atoms with Gasteiger partial charge in [0.2, 0.25) is 0 Å². The Morgan fingerprint density at radius 1 is 1.21 bits per heavy atom. The molecule has 0 bridgehead atoms. The molecule has 0 atom stereocenters. The largest absolute Gasteiger partial charge is 0.484 e. The van der Waals surface area contributed by atoms with Crippen molar-refractivity contribution in [3.63, 3.8) is 0 Å². The quantitative estimate of drug-likeness (QED) is 0.873. The molecule has 1 spiro atoms. The first-order valence-electron chi connectivity index (χ1n) is 9.07. The van der Waals surface area contributed by atoms with Crippen molar-refractivity contribution in [2.24, 2.45) is 0 Å². The monoisotopic (exact) mass is 330 g/mol. The summed E-state index contributed by atoms with van der Waals surface area (Å²) < 4.78 is 12.0. The van der Waals surface area contributed by atoms with Gasteiger partial charge in [0.1, 0.15) is 5.60 Å². The van der Waals surface area contributed by atoms with Crippen LogP contribution in [0.3, 0.4) is 0 Å². The molecule has 3 aliphatic rings. The zero-order valence-corrected chi connectivity index (χ0v) is 14.3. The van der Waals surface area contributed by atoms with Gasteiger partial charge >= 0.3 is 0 Å². The van der Waals surface area contributed by atoms with Crippen molar-refractivity contribution in [1.82, 2.24) is 5.32 Å². The van der Waals surface area contributed by atoms with E-state index in [0.717, 1.165) is 74.6 Å². The number of ether oxygens (including phenoxy) is 2. The lowest BCUT2D eigenvalue weighted by Crippen LogP contribution is -2.49. The summed E-state index contributed by atoms with van der Waals surface area (Å²) in [5.74, 6) is 0.988. The van der Waals surface area contributed by atoms with E-state index in [-0.39, 0.29) is 11.4 Å². The van der Waals surface area contributed by atoms with E-state index in [9.17, 15) is 4.79 Å². The van der Waals surface area contributed by atoms with Crippen LogP contribution in [0, 0.1) is 6.92 Å². The Morgan fingerprint density at radius 2 is 1.96 bits per heavy atom. The smallest absolute Gasteiger partial charge is 0.170 e. The Labute approximate surface area is 143 Å². The lowest BCUT2D eigenvalue weighted by Gasteiger charge is -2.42. The van der Waals surface area contributed by atoms with Crippen LogP contribution in [-0.2, 0) is 4.74 Å². The molecule has 2 saturated heterocycles. The standard InChI is InChI=1S/C19H26N2O3/c1-13-10-15-17(22)12-19(4-6-20-7-5-19)24-18(15)16(11-13)21-14-2-8-23-9-3-14/h10-11,14,20-21H,2-9,12H2,1H3. The molecule has 3 heterocycles. The Bertz CT molecular complexity index is 632. The molecule has 0 aliphatic carbocycles. The van der Waals surface area contributed by atoms with Crippen LogP contribution in [0.5, 0.6) is 5.75 Å². The van der Waals surface area contributed by atoms with Gasteiger partial charge in [-0.25, -0.2) is 0 Å². The summed E-state index contributed by atoms with van der Waals surface area (Å²) in [5.41, 5.74) is 2.49. The molecule has 2 fully saturated rings. The van der Waals surface area contributed by atoms with Gasteiger partial charge in [-0.1, -0.05) is 0 Å². The molecule has 24 heavy (non-hydrogen) atoms. The minimum absolute atomic E-state index is 0.219. The van der Waals surface area contributed by atoms with Gasteiger partial charge in [0.15, 0.2) is 11.5 Å². The summed E-state index contributed by atoms with van der Waals surface area (Å²) >= 11 is 0. The zero-order valence-electron chi connectivity index (χ0n) is 14.3. The average molecular weight is 330 g/mol. The number of benzene rings is 1. The average Bonchev–Trinajstić information content (AvgIpc) is 2.58. The molecule has 2 N–H and O–H groups in total. The second-order valence-corrected chi connectivity index (χ2v) is 7.36. The minimum atomic E-state index is -0.323. The number of nitrogens with one attached hydrogen (secondary N) is 2. The first kappa shape index (κ1) is 15.9. The van der Waals surface area contributed by atoms with Crippen LogP contribution in [0.15, 0.2) is 12.1 Å². The van der Waals surface area contributed by atoms with Crippen LogP contribution in [0.4, 0.5) is 5.69 Å². The van der Waals surface area contributed by atoms with Crippen molar-refractivity contribution in [2.75, 3.05) is 31.6 Å². The van der Waals surface area contributed by atoms with Crippen LogP contribution < -0.4 is 15.4 Å². The second kappa shape index (κ2) is 6.37. The molecule has 3 aliphatic heterocycles. The SMILES string of the molecule is Cc1cc(NC2CCOCC2)c2c(c1)C(=O)CC1(CCNCC1)O2. The molecular weight excluding hydrogens is 304 g/mol. The highest BCUT2D eigenvalue weighted by Crippen LogP contribution is 2.43. The molecule has 0 unspecified atom stereocenters. The molecule has 1 aromatic carbocycles. The number of aryl methyl sites for hydroxylation is 1. The number of rotatable bonds is 2. The van der Waals surface area contributed by atoms with Gasteiger partial charge in [-0.3, -0.25) is 4.79 Å². The van der Waals surface area contributed by atoms with Gasteiger partial charge in [0.25, 0.3) is 0 Å². The van der Waals surface area contributed by atoms with Crippen LogP contribution in [0.2, 0.25) is 0 Å². The lowest BCUT2D eigenvalue weighted by atomic mass is 9.82. The van der Waals surface area contributed by atoms with Gasteiger partial charge < -0.3 is 20.1 Å². The van der Waals surface area contributed by atoms with Crippen molar-refractivity contribution in [1.29, 1.82) is 0 Å². The zero-order chi connectivity index (χ0) is 16.6. The molecule has 5 nitrogen and oxygen atoms in total. The highest BCUT2D eigenvalue weighted by atomic mass is 16.5. The molecule has 5 heteroatoms. The minimum Gasteiger partial charge on any atom is -0.484 e. The first-order valence-corrected chi connectivity index (χ1v) is 9.07. The number of hydrogen-bond acceptors (Lipinski definition) is 5. The Kier molecular flexibility index (Phi) is 4.22. The third-order valence-electron chi connectivity index (χ3n) is 5.43. The predicted molar refractivity (Wildman–Crippen MR) is 93.1 cm³/mol. The van der Waals surface area contributed by atoms with E-state index >= 15 is 0 Å². The van der Waals surface area contributed by atoms with Gasteiger partial charge in [0, 0.05) is 32.1 Å². The summed E-state index contributed by atoms with van der Waals surface area (Å²) in [5, 5.41) is 6.98. The highest BCUT2D eigenvalue weighted by molar-refractivity contribution is 6.02. The molecule has 0 amide bonds. The number of carbonyl (C=O) groups excluding carboxylic acids is 1. The van der Waals surface area contributed by atoms with E-state index in [1.807, 2.05) is 13.0 Å². The molecule has 1 aromatic rings. The van der Waals surface area contributed by atoms with Crippen LogP contribution in [-0.4, -0.2) is 43.7 Å². The third kappa shape index (κ3) is 3.03. The predicted octanol–water partition coefficient (Wildman–Crippen LogP) is 2.67. The van der Waals surface area contributed by atoms with E-state index in [1.165, 1.54) is 0 Å². The molecule has 130 valence electrons. The molecular formula is C19H26N2O3. The lowest BCUT2D eigenvalue weighted by molar-refractivity contribution is 0.0191. The molecule has 0 radical (unpaired) electrons. The summed E-state index contributed by atoms with van der Waals surface area (Å²) in [7, 11) is 0. The third-order valence-corrected chi connectivity index (χ3v) is 5.43. The van der Waals surface area contributed by atoms with E-state index in [0.29, 0.717) is 12.5 Å². The van der Waals surface area contributed by atoms with Gasteiger partial charge in [-0.05, 0) is 50.6 Å². The topological polar surface area (TPSA) is 59.6 Å². The van der Waals surface area contributed by atoms with Gasteiger partial charge in [-0.15, -0.1) is 0 Å². The second-order valence-electron chi connectivity index (χ2n) is 7.36. The maximum Gasteiger partial charge on any atom is 0.170 e.